The van der Waals surface area contributed by atoms with Gasteiger partial charge in [0.05, 0.1) is 0 Å². The first-order valence-electron chi connectivity index (χ1n) is 0.862. The van der Waals surface area contributed by atoms with Gasteiger partial charge >= 0.3 is 40.7 Å². The van der Waals surface area contributed by atoms with Crippen LogP contribution in [0.1, 0.15) is 0 Å². The van der Waals surface area contributed by atoms with Crippen molar-refractivity contribution in [2.75, 3.05) is 7.11 Å². The molecule has 0 aliphatic carbocycles. The van der Waals surface area contributed by atoms with Crippen LogP contribution in [-0.4, -0.2) is 29.3 Å². The standard InChI is InChI=1S/CH3O.ClH.In/c1-2;;/h1H3;1H;/q-1;;+2/p-1. The van der Waals surface area contributed by atoms with Gasteiger partial charge in [0.1, 0.15) is 0 Å². The summed E-state index contributed by atoms with van der Waals surface area (Å²) in [6.45, 7) is 0. The Balaban J connectivity index is 1.97. The molecule has 0 aliphatic rings. The van der Waals surface area contributed by atoms with E-state index >= 15 is 0 Å². The predicted molar refractivity (Wildman–Crippen MR) is 18.6 cm³/mol. The zero-order valence-corrected chi connectivity index (χ0v) is 6.42. The monoisotopic (exact) mass is 181 g/mol. The maximum absolute atomic E-state index is 5.15. The maximum atomic E-state index is 5.15. The molecular formula is CH3ClInO. The van der Waals surface area contributed by atoms with Crippen LogP contribution in [0.5, 0.6) is 0 Å². The molecule has 0 spiro atoms. The van der Waals surface area contributed by atoms with E-state index in [0.717, 1.165) is 0 Å². The average Bonchev–Trinajstić information content (AvgIpc) is 1.37. The van der Waals surface area contributed by atoms with Crippen molar-refractivity contribution in [3.63, 3.8) is 0 Å². The van der Waals surface area contributed by atoms with Crippen molar-refractivity contribution < 1.29 is 2.85 Å². The van der Waals surface area contributed by atoms with Crippen LogP contribution < -0.4 is 0 Å². The molecule has 0 heterocycles. The summed E-state index contributed by atoms with van der Waals surface area (Å²) in [4.78, 5) is 0. The summed E-state index contributed by atoms with van der Waals surface area (Å²) >= 11 is -0.933. The molecule has 23 valence electrons. The van der Waals surface area contributed by atoms with Crippen LogP contribution in [0.2, 0.25) is 0 Å². The molecule has 0 amide bonds. The van der Waals surface area contributed by atoms with Crippen molar-refractivity contribution in [3.8, 4) is 0 Å². The summed E-state index contributed by atoms with van der Waals surface area (Å²) in [6, 6.07) is 0. The first-order chi connectivity index (χ1) is 1.91. The van der Waals surface area contributed by atoms with Gasteiger partial charge in [0.15, 0.2) is 0 Å². The van der Waals surface area contributed by atoms with Crippen LogP contribution in [0, 0.1) is 0 Å². The molecule has 0 unspecified atom stereocenters. The molecule has 0 aromatic carbocycles. The van der Waals surface area contributed by atoms with E-state index in [4.69, 9.17) is 8.58 Å². The van der Waals surface area contributed by atoms with Crippen molar-refractivity contribution >= 4 is 30.7 Å². The molecule has 4 heavy (non-hydrogen) atoms. The van der Waals surface area contributed by atoms with Gasteiger partial charge in [0.25, 0.3) is 0 Å². The Morgan fingerprint density at radius 3 is 2.25 bits per heavy atom. The Morgan fingerprint density at radius 2 is 2.25 bits per heavy atom. The number of hydrogen-bond donors (Lipinski definition) is 0. The van der Waals surface area contributed by atoms with Gasteiger partial charge in [-0.2, -0.15) is 0 Å². The van der Waals surface area contributed by atoms with Crippen LogP contribution in [0.4, 0.5) is 0 Å². The Morgan fingerprint density at radius 1 is 2.00 bits per heavy atom. The summed E-state index contributed by atoms with van der Waals surface area (Å²) < 4.78 is 4.50. The van der Waals surface area contributed by atoms with Crippen molar-refractivity contribution in [2.24, 2.45) is 0 Å². The van der Waals surface area contributed by atoms with E-state index in [9.17, 15) is 0 Å². The van der Waals surface area contributed by atoms with Crippen molar-refractivity contribution in [1.29, 1.82) is 0 Å². The third-order valence-corrected chi connectivity index (χ3v) is 1.79. The molecule has 1 nitrogen and oxygen atoms in total. The van der Waals surface area contributed by atoms with Crippen LogP contribution in [0.15, 0.2) is 0 Å². The molecule has 0 aromatic heterocycles. The zero-order chi connectivity index (χ0) is 3.41. The summed E-state index contributed by atoms with van der Waals surface area (Å²) in [5.74, 6) is 0. The molecule has 1 radical (unpaired) electrons. The fraction of sp³-hybridized carbons (Fsp3) is 1.00. The van der Waals surface area contributed by atoms with Gasteiger partial charge in [-0.3, -0.25) is 0 Å². The first-order valence-corrected chi connectivity index (χ1v) is 6.38. The Kier molecular flexibility index (Phi) is 5.27. The minimum absolute atomic E-state index is 0.933. The molecule has 0 fully saturated rings. The number of rotatable bonds is 1. The third kappa shape index (κ3) is 3.12. The normalized spacial score (nSPS) is 6.50. The molecule has 0 N–H and O–H groups in total. The molecular weight excluding hydrogens is 178 g/mol. The summed E-state index contributed by atoms with van der Waals surface area (Å²) in [5.41, 5.74) is 0. The molecule has 0 saturated carbocycles. The topological polar surface area (TPSA) is 9.23 Å². The van der Waals surface area contributed by atoms with Gasteiger partial charge in [-0.15, -0.1) is 0 Å². The quantitative estimate of drug-likeness (QED) is 0.569. The Hall–Kier alpha value is 1.12. The molecule has 0 rings (SSSR count). The van der Waals surface area contributed by atoms with Gasteiger partial charge in [0, 0.05) is 0 Å². The molecule has 0 aromatic rings. The van der Waals surface area contributed by atoms with E-state index in [1.54, 1.807) is 7.11 Å². The fourth-order valence-corrected chi connectivity index (χ4v) is 0. The molecule has 0 bridgehead atoms. The SMILES string of the molecule is C[O][In][Cl]. The van der Waals surface area contributed by atoms with Crippen molar-refractivity contribution in [2.45, 2.75) is 0 Å². The first kappa shape index (κ1) is 5.12. The minimum atomic E-state index is -0.933. The summed E-state index contributed by atoms with van der Waals surface area (Å²) in [7, 11) is 6.79. The van der Waals surface area contributed by atoms with E-state index in [2.05, 4.69) is 2.85 Å². The second kappa shape index (κ2) is 4.12. The van der Waals surface area contributed by atoms with Crippen LogP contribution >= 0.6 is 8.58 Å². The Bertz CT molecular complexity index is 10.0. The third-order valence-electron chi connectivity index (χ3n) is 0.0891. The average molecular weight is 181 g/mol. The van der Waals surface area contributed by atoms with Gasteiger partial charge in [-0.25, -0.2) is 0 Å². The zero-order valence-electron chi connectivity index (χ0n) is 2.36. The Labute approximate surface area is 40.8 Å². The summed E-state index contributed by atoms with van der Waals surface area (Å²) in [5, 5.41) is 0. The summed E-state index contributed by atoms with van der Waals surface area (Å²) in [6.07, 6.45) is 0. The molecule has 0 atom stereocenters. The second-order valence-corrected chi connectivity index (χ2v) is 3.37. The van der Waals surface area contributed by atoms with Crippen molar-refractivity contribution in [3.05, 3.63) is 0 Å². The fourth-order valence-electron chi connectivity index (χ4n) is 0. The molecule has 3 heteroatoms. The van der Waals surface area contributed by atoms with E-state index in [1.807, 2.05) is 0 Å². The van der Waals surface area contributed by atoms with E-state index in [-0.39, 0.29) is 0 Å². The van der Waals surface area contributed by atoms with Crippen molar-refractivity contribution in [1.82, 2.24) is 0 Å². The molecule has 0 saturated heterocycles. The van der Waals surface area contributed by atoms with Crippen LogP contribution in [0.25, 0.3) is 0 Å². The van der Waals surface area contributed by atoms with Gasteiger partial charge in [-0.05, 0) is 0 Å². The number of halogens is 1. The van der Waals surface area contributed by atoms with E-state index in [1.165, 1.54) is 0 Å². The number of hydrogen-bond acceptors (Lipinski definition) is 1. The van der Waals surface area contributed by atoms with Gasteiger partial charge < -0.3 is 0 Å². The second-order valence-electron chi connectivity index (χ2n) is 0.325. The predicted octanol–water partition coefficient (Wildman–Crippen LogP) is 0.406. The van der Waals surface area contributed by atoms with Crippen LogP contribution in [-0.2, 0) is 2.85 Å². The van der Waals surface area contributed by atoms with Crippen LogP contribution in [0.3, 0.4) is 0 Å². The van der Waals surface area contributed by atoms with E-state index < -0.39 is 22.2 Å². The van der Waals surface area contributed by atoms with Gasteiger partial charge in [-0.1, -0.05) is 0 Å². The van der Waals surface area contributed by atoms with E-state index in [0.29, 0.717) is 0 Å². The molecule has 0 aliphatic heterocycles. The van der Waals surface area contributed by atoms with Gasteiger partial charge in [0.2, 0.25) is 0 Å².